The molecule has 0 unspecified atom stereocenters. The number of nitrogens with one attached hydrogen (secondary N) is 1. The predicted octanol–water partition coefficient (Wildman–Crippen LogP) is 1.79. The van der Waals surface area contributed by atoms with Crippen LogP contribution in [0.15, 0.2) is 39.9 Å². The van der Waals surface area contributed by atoms with Gasteiger partial charge in [0.2, 0.25) is 0 Å². The van der Waals surface area contributed by atoms with Crippen LogP contribution < -0.4 is 16.1 Å². The van der Waals surface area contributed by atoms with Crippen molar-refractivity contribution in [1.29, 1.82) is 0 Å². The van der Waals surface area contributed by atoms with E-state index in [0.717, 1.165) is 4.57 Å². The first-order valence-electron chi connectivity index (χ1n) is 7.47. The first-order chi connectivity index (χ1) is 11.0. The zero-order valence-electron chi connectivity index (χ0n) is 13.0. The molecule has 0 saturated carbocycles. The fourth-order valence-corrected chi connectivity index (χ4v) is 3.11. The summed E-state index contributed by atoms with van der Waals surface area (Å²) in [6.45, 7) is 5.17. The number of nitrogens with zero attached hydrogens (tertiary/aromatic N) is 2. The molecule has 7 heteroatoms. The molecule has 1 aliphatic heterocycles. The number of benzene rings is 1. The number of morpholine rings is 1. The Labute approximate surface area is 138 Å². The molecule has 1 aliphatic rings. The van der Waals surface area contributed by atoms with E-state index in [4.69, 9.17) is 16.3 Å². The van der Waals surface area contributed by atoms with Gasteiger partial charge in [-0.2, -0.15) is 0 Å². The number of hydrogen-bond donors (Lipinski definition) is 1. The maximum Gasteiger partial charge on any atom is 0.334 e. The van der Waals surface area contributed by atoms with Crippen molar-refractivity contribution < 1.29 is 4.74 Å². The molecule has 1 N–H and O–H groups in total. The van der Waals surface area contributed by atoms with Crippen molar-refractivity contribution >= 4 is 17.4 Å². The summed E-state index contributed by atoms with van der Waals surface area (Å²) in [6.07, 6.45) is 0.0708. The second-order valence-electron chi connectivity index (χ2n) is 5.75. The van der Waals surface area contributed by atoms with Gasteiger partial charge in [-0.3, -0.25) is 9.78 Å². The van der Waals surface area contributed by atoms with E-state index in [-0.39, 0.29) is 12.2 Å². The minimum Gasteiger partial charge on any atom is -0.372 e. The molecule has 2 atom stereocenters. The lowest BCUT2D eigenvalue weighted by atomic mass is 10.2. The van der Waals surface area contributed by atoms with Crippen molar-refractivity contribution in [3.8, 4) is 5.69 Å². The summed E-state index contributed by atoms with van der Waals surface area (Å²) < 4.78 is 6.71. The fourth-order valence-electron chi connectivity index (χ4n) is 2.89. The highest BCUT2D eigenvalue weighted by atomic mass is 35.5. The Bertz CT molecular complexity index is 789. The van der Waals surface area contributed by atoms with Crippen molar-refractivity contribution in [2.45, 2.75) is 26.1 Å². The molecule has 6 nitrogen and oxygen atoms in total. The third-order valence-corrected chi connectivity index (χ3v) is 4.09. The highest BCUT2D eigenvalue weighted by Crippen LogP contribution is 2.18. The number of aromatic nitrogens is 2. The number of para-hydroxylation sites is 1. The fraction of sp³-hybridized carbons (Fsp3) is 0.375. The maximum absolute atomic E-state index is 12.4. The summed E-state index contributed by atoms with van der Waals surface area (Å²) in [5, 5.41) is 0.349. The minimum atomic E-state index is -0.507. The molecule has 122 valence electrons. The van der Waals surface area contributed by atoms with Crippen molar-refractivity contribution in [1.82, 2.24) is 9.55 Å². The molecule has 0 spiro atoms. The second kappa shape index (κ2) is 6.22. The second-order valence-corrected chi connectivity index (χ2v) is 6.15. The lowest BCUT2D eigenvalue weighted by molar-refractivity contribution is -0.00549. The summed E-state index contributed by atoms with van der Waals surface area (Å²) in [4.78, 5) is 29.6. The Morgan fingerprint density at radius 3 is 2.43 bits per heavy atom. The van der Waals surface area contributed by atoms with Gasteiger partial charge in [0.05, 0.1) is 22.9 Å². The molecule has 1 aromatic heterocycles. The molecule has 1 fully saturated rings. The van der Waals surface area contributed by atoms with Crippen LogP contribution in [0.5, 0.6) is 0 Å². The molecule has 0 radical (unpaired) electrons. The minimum absolute atomic E-state index is 0.0354. The Morgan fingerprint density at radius 1 is 1.17 bits per heavy atom. The number of aromatic amines is 1. The zero-order chi connectivity index (χ0) is 16.6. The summed E-state index contributed by atoms with van der Waals surface area (Å²) in [6, 6.07) is 8.18. The maximum atomic E-state index is 12.4. The van der Waals surface area contributed by atoms with Crippen molar-refractivity contribution in [2.75, 3.05) is 18.0 Å². The van der Waals surface area contributed by atoms with Gasteiger partial charge >= 0.3 is 5.69 Å². The van der Waals surface area contributed by atoms with E-state index >= 15 is 0 Å². The van der Waals surface area contributed by atoms with E-state index in [9.17, 15) is 9.59 Å². The summed E-state index contributed by atoms with van der Waals surface area (Å²) in [5.41, 5.74) is -0.549. The monoisotopic (exact) mass is 335 g/mol. The van der Waals surface area contributed by atoms with Crippen LogP contribution in [0.2, 0.25) is 5.02 Å². The van der Waals surface area contributed by atoms with Crippen molar-refractivity contribution in [3.05, 3.63) is 56.2 Å². The highest BCUT2D eigenvalue weighted by Gasteiger charge is 2.24. The standard InChI is InChI=1S/C16H18ClN3O3/c1-10-8-19(9-11(2)23-10)14-7-15(21)20(16(22)18-14)13-6-4-3-5-12(13)17/h3-7,10-11H,8-9H2,1-2H3,(H,18,22)/t10-,11+. The molecule has 0 bridgehead atoms. The molecular formula is C16H18ClN3O3. The number of H-pyrrole nitrogens is 1. The molecule has 1 aromatic carbocycles. The molecule has 3 rings (SSSR count). The molecular weight excluding hydrogens is 318 g/mol. The van der Waals surface area contributed by atoms with E-state index in [1.54, 1.807) is 24.3 Å². The zero-order valence-corrected chi connectivity index (χ0v) is 13.7. The molecule has 1 saturated heterocycles. The number of rotatable bonds is 2. The largest absolute Gasteiger partial charge is 0.372 e. The van der Waals surface area contributed by atoms with Gasteiger partial charge in [0.25, 0.3) is 5.56 Å². The summed E-state index contributed by atoms with van der Waals surface area (Å²) in [7, 11) is 0. The van der Waals surface area contributed by atoms with Crippen LogP contribution in [0.25, 0.3) is 5.69 Å². The topological polar surface area (TPSA) is 67.3 Å². The normalized spacial score (nSPS) is 21.4. The Hall–Kier alpha value is -2.05. The van der Waals surface area contributed by atoms with E-state index in [2.05, 4.69) is 4.98 Å². The average Bonchev–Trinajstić information content (AvgIpc) is 2.47. The molecule has 2 aromatic rings. The SMILES string of the molecule is C[C@@H]1CN(c2cc(=O)n(-c3ccccc3Cl)c(=O)[nH]2)C[C@H](C)O1. The molecule has 2 heterocycles. The average molecular weight is 336 g/mol. The highest BCUT2D eigenvalue weighted by molar-refractivity contribution is 6.32. The quantitative estimate of drug-likeness (QED) is 0.908. The lowest BCUT2D eigenvalue weighted by Gasteiger charge is -2.36. The van der Waals surface area contributed by atoms with Crippen LogP contribution >= 0.6 is 11.6 Å². The third-order valence-electron chi connectivity index (χ3n) is 3.77. The van der Waals surface area contributed by atoms with E-state index in [1.807, 2.05) is 18.7 Å². The number of halogens is 1. The van der Waals surface area contributed by atoms with Gasteiger partial charge in [-0.1, -0.05) is 23.7 Å². The van der Waals surface area contributed by atoms with Gasteiger partial charge in [-0.15, -0.1) is 0 Å². The van der Waals surface area contributed by atoms with Crippen LogP contribution in [-0.2, 0) is 4.74 Å². The molecule has 0 amide bonds. The number of anilines is 1. The van der Waals surface area contributed by atoms with E-state index in [0.29, 0.717) is 29.6 Å². The van der Waals surface area contributed by atoms with Gasteiger partial charge in [0, 0.05) is 19.2 Å². The molecule has 23 heavy (non-hydrogen) atoms. The Kier molecular flexibility index (Phi) is 4.28. The van der Waals surface area contributed by atoms with Crippen molar-refractivity contribution in [3.63, 3.8) is 0 Å². The van der Waals surface area contributed by atoms with Crippen LogP contribution in [0.3, 0.4) is 0 Å². The van der Waals surface area contributed by atoms with Gasteiger partial charge in [-0.25, -0.2) is 9.36 Å². The van der Waals surface area contributed by atoms with E-state index < -0.39 is 11.2 Å². The van der Waals surface area contributed by atoms with Crippen LogP contribution in [0.4, 0.5) is 5.82 Å². The van der Waals surface area contributed by atoms with Gasteiger partial charge in [0.1, 0.15) is 5.82 Å². The predicted molar refractivity (Wildman–Crippen MR) is 89.9 cm³/mol. The van der Waals surface area contributed by atoms with Crippen LogP contribution in [-0.4, -0.2) is 34.8 Å². The Morgan fingerprint density at radius 2 is 1.83 bits per heavy atom. The van der Waals surface area contributed by atoms with Gasteiger partial charge < -0.3 is 9.64 Å². The van der Waals surface area contributed by atoms with E-state index in [1.165, 1.54) is 6.07 Å². The number of hydrogen-bond acceptors (Lipinski definition) is 4. The first-order valence-corrected chi connectivity index (χ1v) is 7.85. The van der Waals surface area contributed by atoms with Crippen LogP contribution in [0, 0.1) is 0 Å². The van der Waals surface area contributed by atoms with Crippen molar-refractivity contribution in [2.24, 2.45) is 0 Å². The van der Waals surface area contributed by atoms with Gasteiger partial charge in [-0.05, 0) is 26.0 Å². The molecule has 0 aliphatic carbocycles. The smallest absolute Gasteiger partial charge is 0.334 e. The Balaban J connectivity index is 2.03. The summed E-state index contributed by atoms with van der Waals surface area (Å²) >= 11 is 6.09. The van der Waals surface area contributed by atoms with Crippen LogP contribution in [0.1, 0.15) is 13.8 Å². The van der Waals surface area contributed by atoms with Gasteiger partial charge in [0.15, 0.2) is 0 Å². The third kappa shape index (κ3) is 3.18. The first kappa shape index (κ1) is 15.8. The lowest BCUT2D eigenvalue weighted by Crippen LogP contribution is -2.47. The number of ether oxygens (including phenoxy) is 1. The summed E-state index contributed by atoms with van der Waals surface area (Å²) in [5.74, 6) is 0.505.